The summed E-state index contributed by atoms with van der Waals surface area (Å²) < 4.78 is 5.81. The Morgan fingerprint density at radius 2 is 2.09 bits per heavy atom. The van der Waals surface area contributed by atoms with Crippen LogP contribution >= 0.6 is 12.6 Å². The lowest BCUT2D eigenvalue weighted by molar-refractivity contribution is -0.826. The highest BCUT2D eigenvalue weighted by Crippen LogP contribution is 2.30. The largest absolute Gasteiger partial charge is 0.493 e. The molecule has 1 saturated heterocycles. The maximum atomic E-state index is 5.81. The van der Waals surface area contributed by atoms with Crippen LogP contribution in [-0.2, 0) is 0 Å². The van der Waals surface area contributed by atoms with E-state index in [9.17, 15) is 0 Å². The van der Waals surface area contributed by atoms with E-state index in [1.807, 2.05) is 18.3 Å². The zero-order valence-corrected chi connectivity index (χ0v) is 14.3. The highest BCUT2D eigenvalue weighted by molar-refractivity contribution is 7.95. The van der Waals surface area contributed by atoms with E-state index in [1.54, 1.807) is 0 Å². The highest BCUT2D eigenvalue weighted by atomic mass is 32.1. The number of piperazine rings is 1. The second kappa shape index (κ2) is 7.70. The molecule has 3 rings (SSSR count). The molecule has 4 nitrogen and oxygen atoms in total. The molecule has 5 heteroatoms. The SMILES string of the molecule is C=CN1CC[NH+](C(S)=[NH+]/C=C2/CCCOc3ccccc32)CC1. The molecule has 0 bridgehead atoms. The lowest BCUT2D eigenvalue weighted by atomic mass is 10.0. The van der Waals surface area contributed by atoms with Crippen molar-refractivity contribution in [2.75, 3.05) is 32.8 Å². The number of amidine groups is 1. The van der Waals surface area contributed by atoms with Gasteiger partial charge in [0.05, 0.1) is 19.7 Å². The van der Waals surface area contributed by atoms with E-state index >= 15 is 0 Å². The molecule has 1 fully saturated rings. The number of hydrogen-bond donors (Lipinski definition) is 3. The zero-order valence-electron chi connectivity index (χ0n) is 13.4. The van der Waals surface area contributed by atoms with Crippen LogP contribution < -0.4 is 14.6 Å². The van der Waals surface area contributed by atoms with Gasteiger partial charge in [0, 0.05) is 11.1 Å². The van der Waals surface area contributed by atoms with Gasteiger partial charge >= 0.3 is 5.17 Å². The van der Waals surface area contributed by atoms with Crippen LogP contribution in [0, 0.1) is 0 Å². The van der Waals surface area contributed by atoms with E-state index in [-0.39, 0.29) is 0 Å². The van der Waals surface area contributed by atoms with Crippen molar-refractivity contribution in [1.29, 1.82) is 0 Å². The Morgan fingerprint density at radius 3 is 2.87 bits per heavy atom. The Morgan fingerprint density at radius 1 is 1.30 bits per heavy atom. The van der Waals surface area contributed by atoms with Crippen molar-refractivity contribution in [2.24, 2.45) is 0 Å². The Bertz CT molecular complexity index is 618. The van der Waals surface area contributed by atoms with Gasteiger partial charge in [0.1, 0.15) is 18.8 Å². The summed E-state index contributed by atoms with van der Waals surface area (Å²) >= 11 is 4.68. The van der Waals surface area contributed by atoms with Gasteiger partial charge in [-0.05, 0) is 37.7 Å². The number of quaternary nitrogens is 1. The standard InChI is InChI=1S/C18H23N3OS/c1-2-20-9-11-21(12-10-20)18(23)19-14-15-6-5-13-22-17-8-4-3-7-16(15)17/h2-4,7-8,14H,1,5-6,9-13H2,(H,19,23)/p+2/b15-14-. The third-order valence-electron chi connectivity index (χ3n) is 4.46. The van der Waals surface area contributed by atoms with Crippen molar-refractivity contribution in [2.45, 2.75) is 12.8 Å². The van der Waals surface area contributed by atoms with Crippen molar-refractivity contribution in [3.63, 3.8) is 0 Å². The first-order valence-electron chi connectivity index (χ1n) is 8.23. The molecular weight excluding hydrogens is 306 g/mol. The second-order valence-corrected chi connectivity index (χ2v) is 6.38. The predicted molar refractivity (Wildman–Crippen MR) is 96.6 cm³/mol. The third kappa shape index (κ3) is 3.98. The number of para-hydroxylation sites is 1. The predicted octanol–water partition coefficient (Wildman–Crippen LogP) is -0.0895. The number of nitrogens with one attached hydrogen (secondary N) is 2. The fourth-order valence-corrected chi connectivity index (χ4v) is 3.35. The van der Waals surface area contributed by atoms with Gasteiger partial charge in [-0.15, -0.1) is 0 Å². The van der Waals surface area contributed by atoms with Crippen molar-refractivity contribution in [1.82, 2.24) is 4.90 Å². The molecule has 0 aliphatic carbocycles. The third-order valence-corrected chi connectivity index (χ3v) is 4.90. The minimum Gasteiger partial charge on any atom is -0.493 e. The van der Waals surface area contributed by atoms with Crippen LogP contribution in [0.3, 0.4) is 0 Å². The quantitative estimate of drug-likeness (QED) is 0.402. The van der Waals surface area contributed by atoms with E-state index in [4.69, 9.17) is 4.74 Å². The first-order valence-corrected chi connectivity index (χ1v) is 8.68. The van der Waals surface area contributed by atoms with Crippen LogP contribution in [0.25, 0.3) is 5.57 Å². The molecule has 23 heavy (non-hydrogen) atoms. The zero-order chi connectivity index (χ0) is 16.1. The second-order valence-electron chi connectivity index (χ2n) is 5.93. The smallest absolute Gasteiger partial charge is 0.399 e. The Balaban J connectivity index is 1.75. The number of fused-ring (bicyclic) bond motifs is 1. The maximum Gasteiger partial charge on any atom is 0.399 e. The molecule has 0 radical (unpaired) electrons. The first-order chi connectivity index (χ1) is 11.3. The van der Waals surface area contributed by atoms with Crippen LogP contribution in [0.1, 0.15) is 18.4 Å². The van der Waals surface area contributed by atoms with E-state index in [2.05, 4.69) is 47.4 Å². The molecule has 0 saturated carbocycles. The highest BCUT2D eigenvalue weighted by Gasteiger charge is 2.24. The summed E-state index contributed by atoms with van der Waals surface area (Å²) in [6.07, 6.45) is 6.08. The topological polar surface area (TPSA) is 30.9 Å². The number of rotatable bonds is 2. The monoisotopic (exact) mass is 331 g/mol. The van der Waals surface area contributed by atoms with Gasteiger partial charge in [0.2, 0.25) is 0 Å². The number of nitrogens with zero attached hydrogens (tertiary/aromatic N) is 1. The maximum absolute atomic E-state index is 5.81. The van der Waals surface area contributed by atoms with Gasteiger partial charge in [0.15, 0.2) is 6.20 Å². The van der Waals surface area contributed by atoms with Crippen LogP contribution in [0.15, 0.2) is 43.2 Å². The fraction of sp³-hybridized carbons (Fsp3) is 0.389. The molecule has 0 aromatic heterocycles. The number of thiol groups is 1. The normalized spacial score (nSPS) is 21.5. The summed E-state index contributed by atoms with van der Waals surface area (Å²) in [5.41, 5.74) is 2.47. The van der Waals surface area contributed by atoms with Crippen LogP contribution in [-0.4, -0.2) is 42.9 Å². The average Bonchev–Trinajstić information content (AvgIpc) is 2.82. The minimum atomic E-state index is 0.778. The Hall–Kier alpha value is -1.72. The van der Waals surface area contributed by atoms with E-state index in [0.717, 1.165) is 56.5 Å². The summed E-state index contributed by atoms with van der Waals surface area (Å²) in [5, 5.41) is 0.990. The summed E-state index contributed by atoms with van der Waals surface area (Å²) in [5.74, 6) is 0.978. The lowest BCUT2D eigenvalue weighted by Gasteiger charge is -2.28. The van der Waals surface area contributed by atoms with Gasteiger partial charge in [-0.1, -0.05) is 24.8 Å². The molecule has 0 spiro atoms. The molecule has 2 aliphatic rings. The van der Waals surface area contributed by atoms with Gasteiger partial charge in [-0.25, -0.2) is 4.90 Å². The Labute approximate surface area is 143 Å². The number of allylic oxidation sites excluding steroid dienone is 1. The molecule has 0 unspecified atom stereocenters. The van der Waals surface area contributed by atoms with E-state index in [1.165, 1.54) is 16.0 Å². The number of hydrogen-bond acceptors (Lipinski definition) is 2. The molecule has 2 heterocycles. The molecular formula is C18H25N3OS+2. The molecule has 122 valence electrons. The first kappa shape index (κ1) is 16.1. The molecule has 0 atom stereocenters. The van der Waals surface area contributed by atoms with Gasteiger partial charge in [0.25, 0.3) is 0 Å². The Kier molecular flexibility index (Phi) is 5.41. The summed E-state index contributed by atoms with van der Waals surface area (Å²) in [6.45, 7) is 8.75. The summed E-state index contributed by atoms with van der Waals surface area (Å²) in [7, 11) is 0. The average molecular weight is 331 g/mol. The van der Waals surface area contributed by atoms with Crippen molar-refractivity contribution >= 4 is 23.4 Å². The lowest BCUT2D eigenvalue weighted by Crippen LogP contribution is -3.20. The van der Waals surface area contributed by atoms with Crippen LogP contribution in [0.5, 0.6) is 5.75 Å². The minimum absolute atomic E-state index is 0.778. The van der Waals surface area contributed by atoms with Crippen molar-refractivity contribution in [3.8, 4) is 5.75 Å². The fourth-order valence-electron chi connectivity index (χ4n) is 3.06. The number of benzene rings is 1. The van der Waals surface area contributed by atoms with Crippen molar-refractivity contribution in [3.05, 3.63) is 48.8 Å². The molecule has 2 N–H and O–H groups in total. The molecule has 2 aliphatic heterocycles. The van der Waals surface area contributed by atoms with Crippen LogP contribution in [0.4, 0.5) is 0 Å². The number of ether oxygens (including phenoxy) is 1. The van der Waals surface area contributed by atoms with Crippen LogP contribution in [0.2, 0.25) is 0 Å². The van der Waals surface area contributed by atoms with E-state index in [0.29, 0.717) is 0 Å². The molecule has 0 amide bonds. The van der Waals surface area contributed by atoms with E-state index < -0.39 is 0 Å². The summed E-state index contributed by atoms with van der Waals surface area (Å²) in [6, 6.07) is 8.25. The molecule has 1 aromatic carbocycles. The van der Waals surface area contributed by atoms with Crippen molar-refractivity contribution < 1.29 is 14.6 Å². The van der Waals surface area contributed by atoms with Gasteiger partial charge in [-0.3, -0.25) is 0 Å². The van der Waals surface area contributed by atoms with Gasteiger partial charge < -0.3 is 9.64 Å². The molecule has 1 aromatic rings. The summed E-state index contributed by atoms with van der Waals surface area (Å²) in [4.78, 5) is 7.05. The van der Waals surface area contributed by atoms with Gasteiger partial charge in [-0.2, -0.15) is 4.99 Å².